The summed E-state index contributed by atoms with van der Waals surface area (Å²) in [6, 6.07) is 83.9. The molecule has 0 saturated heterocycles. The van der Waals surface area contributed by atoms with Crippen molar-refractivity contribution in [3.05, 3.63) is 269 Å². The van der Waals surface area contributed by atoms with E-state index in [1.807, 2.05) is 23.5 Å². The van der Waals surface area contributed by atoms with Crippen LogP contribution in [0, 0.1) is 0 Å². The van der Waals surface area contributed by atoms with Crippen molar-refractivity contribution in [3.8, 4) is 22.3 Å². The van der Waals surface area contributed by atoms with E-state index >= 15 is 0 Å². The second kappa shape index (κ2) is 13.5. The smallest absolute Gasteiger partial charge is 0.137 e. The van der Waals surface area contributed by atoms with Crippen LogP contribution in [0.4, 0.5) is 17.1 Å². The van der Waals surface area contributed by atoms with Crippen LogP contribution in [0.1, 0.15) is 44.5 Å². The first-order chi connectivity index (χ1) is 32.7. The molecule has 1 aromatic heterocycles. The van der Waals surface area contributed by atoms with Gasteiger partial charge in [-0.25, -0.2) is 0 Å². The van der Waals surface area contributed by atoms with Crippen LogP contribution in [-0.2, 0) is 10.8 Å². The maximum atomic E-state index is 6.72. The molecular weight excluding hydrogens is 839 g/mol. The van der Waals surface area contributed by atoms with Crippen LogP contribution in [0.15, 0.2) is 248 Å². The van der Waals surface area contributed by atoms with Crippen LogP contribution in [0.25, 0.3) is 44.2 Å². The number of benzene rings is 10. The van der Waals surface area contributed by atoms with E-state index in [1.165, 1.54) is 86.3 Å². The van der Waals surface area contributed by atoms with Crippen molar-refractivity contribution in [2.75, 3.05) is 4.90 Å². The Kier molecular flexibility index (Phi) is 7.54. The summed E-state index contributed by atoms with van der Waals surface area (Å²) in [6.07, 6.45) is 0. The Hall–Kier alpha value is -7.50. The van der Waals surface area contributed by atoms with E-state index in [-0.39, 0.29) is 0 Å². The zero-order valence-corrected chi connectivity index (χ0v) is 37.2. The number of para-hydroxylation sites is 1. The predicted octanol–water partition coefficient (Wildman–Crippen LogP) is 16.7. The third-order valence-electron chi connectivity index (χ3n) is 14.8. The molecule has 0 bridgehead atoms. The highest BCUT2D eigenvalue weighted by molar-refractivity contribution is 7.99. The summed E-state index contributed by atoms with van der Waals surface area (Å²) in [5, 5.41) is 2.24. The van der Waals surface area contributed by atoms with Crippen LogP contribution in [0.5, 0.6) is 0 Å². The molecule has 3 heterocycles. The molecule has 4 aliphatic rings. The van der Waals surface area contributed by atoms with Crippen LogP contribution < -0.4 is 4.90 Å². The van der Waals surface area contributed by atoms with Gasteiger partial charge in [-0.05, 0) is 110 Å². The third-order valence-corrected chi connectivity index (χ3v) is 17.1. The minimum absolute atomic E-state index is 0.517. The minimum atomic E-state index is -0.517. The fourth-order valence-electron chi connectivity index (χ4n) is 12.4. The number of furan rings is 1. The molecule has 2 spiro atoms. The third kappa shape index (κ3) is 4.60. The summed E-state index contributed by atoms with van der Waals surface area (Å²) in [4.78, 5) is 7.74. The highest BCUT2D eigenvalue weighted by atomic mass is 32.2. The first-order valence-electron chi connectivity index (χ1n) is 22.7. The van der Waals surface area contributed by atoms with Crippen LogP contribution in [0.2, 0.25) is 0 Å². The van der Waals surface area contributed by atoms with E-state index in [1.54, 1.807) is 0 Å². The Bertz CT molecular complexity index is 3590. The molecule has 0 unspecified atom stereocenters. The molecule has 4 heteroatoms. The highest BCUT2D eigenvalue weighted by Crippen LogP contribution is 2.67. The predicted molar refractivity (Wildman–Crippen MR) is 271 cm³/mol. The minimum Gasteiger partial charge on any atom is -0.456 e. The Morgan fingerprint density at radius 1 is 0.318 bits per heavy atom. The Labute approximate surface area is 391 Å². The van der Waals surface area contributed by atoms with Gasteiger partial charge in [-0.2, -0.15) is 0 Å². The molecular formula is C62H37NOS2. The molecule has 66 heavy (non-hydrogen) atoms. The molecule has 0 saturated carbocycles. The summed E-state index contributed by atoms with van der Waals surface area (Å²) >= 11 is 3.77. The fourth-order valence-corrected chi connectivity index (χ4v) is 14.8. The molecule has 308 valence electrons. The standard InChI is InChI=1S/C62H37NOS2/c1-4-20-43-41(18-1)59-49(61(43)45-22-6-11-31-55(45)65-56-32-12-7-23-46(56)61)26-15-28-51(59)63(38-35-36-40-39-17-3-10-30-53(39)64-54(40)37-38)52-29-16-27-50-60(52)42-19-2-5-21-44(42)62(50)47-24-8-13-33-57(47)66-58-34-14-9-25-48(58)62/h1-37H. The van der Waals surface area contributed by atoms with E-state index in [2.05, 4.69) is 229 Å². The van der Waals surface area contributed by atoms with Gasteiger partial charge in [0, 0.05) is 53.2 Å². The molecule has 0 fully saturated rings. The molecule has 0 atom stereocenters. The normalized spacial score (nSPS) is 14.8. The monoisotopic (exact) mass is 875 g/mol. The molecule has 2 aliphatic heterocycles. The number of hydrogen-bond donors (Lipinski definition) is 0. The van der Waals surface area contributed by atoms with Gasteiger partial charge in [0.2, 0.25) is 0 Å². The summed E-state index contributed by atoms with van der Waals surface area (Å²) in [6.45, 7) is 0. The molecule has 11 aromatic rings. The molecule has 0 amide bonds. The summed E-state index contributed by atoms with van der Waals surface area (Å²) in [7, 11) is 0. The van der Waals surface area contributed by atoms with Crippen molar-refractivity contribution in [3.63, 3.8) is 0 Å². The lowest BCUT2D eigenvalue weighted by Crippen LogP contribution is -2.32. The highest BCUT2D eigenvalue weighted by Gasteiger charge is 2.53. The van der Waals surface area contributed by atoms with Gasteiger partial charge in [0.05, 0.1) is 22.2 Å². The lowest BCUT2D eigenvalue weighted by Gasteiger charge is -2.40. The number of fused-ring (bicyclic) bond motifs is 21. The van der Waals surface area contributed by atoms with Gasteiger partial charge in [0.25, 0.3) is 0 Å². The second-order valence-electron chi connectivity index (χ2n) is 17.8. The lowest BCUT2D eigenvalue weighted by molar-refractivity contribution is 0.669. The molecule has 2 nitrogen and oxygen atoms in total. The molecule has 2 aliphatic carbocycles. The van der Waals surface area contributed by atoms with Gasteiger partial charge in [-0.3, -0.25) is 0 Å². The van der Waals surface area contributed by atoms with E-state index in [4.69, 9.17) is 4.42 Å². The van der Waals surface area contributed by atoms with Crippen molar-refractivity contribution in [2.45, 2.75) is 30.4 Å². The first kappa shape index (κ1) is 36.8. The molecule has 10 aromatic carbocycles. The number of anilines is 3. The summed E-state index contributed by atoms with van der Waals surface area (Å²) in [5.74, 6) is 0. The van der Waals surface area contributed by atoms with Gasteiger partial charge in [-0.1, -0.05) is 187 Å². The quantitative estimate of drug-likeness (QED) is 0.176. The number of nitrogens with zero attached hydrogens (tertiary/aromatic N) is 1. The van der Waals surface area contributed by atoms with Gasteiger partial charge >= 0.3 is 0 Å². The Balaban J connectivity index is 1.07. The lowest BCUT2D eigenvalue weighted by atomic mass is 9.67. The van der Waals surface area contributed by atoms with Gasteiger partial charge in [0.1, 0.15) is 11.2 Å². The number of rotatable bonds is 3. The van der Waals surface area contributed by atoms with Crippen molar-refractivity contribution in [1.29, 1.82) is 0 Å². The van der Waals surface area contributed by atoms with Crippen molar-refractivity contribution in [2.24, 2.45) is 0 Å². The number of hydrogen-bond acceptors (Lipinski definition) is 4. The Morgan fingerprint density at radius 2 is 0.712 bits per heavy atom. The van der Waals surface area contributed by atoms with E-state index in [0.717, 1.165) is 39.0 Å². The average Bonchev–Trinajstić information content (AvgIpc) is 4.00. The van der Waals surface area contributed by atoms with E-state index in [9.17, 15) is 0 Å². The van der Waals surface area contributed by atoms with Crippen LogP contribution >= 0.6 is 23.5 Å². The average molecular weight is 876 g/mol. The molecule has 15 rings (SSSR count). The van der Waals surface area contributed by atoms with Gasteiger partial charge in [-0.15, -0.1) is 0 Å². The summed E-state index contributed by atoms with van der Waals surface area (Å²) in [5.41, 5.74) is 19.6. The maximum Gasteiger partial charge on any atom is 0.137 e. The SMILES string of the molecule is c1ccc2c(c1)Sc1ccccc1C21c2ccccc2-c2c(N(c3ccc4c(c3)oc3ccccc34)c3cccc4c3-c3ccccc3C43c4ccccc4Sc4ccccc43)cccc21. The van der Waals surface area contributed by atoms with Crippen LogP contribution in [-0.4, -0.2) is 0 Å². The fraction of sp³-hybridized carbons (Fsp3) is 0.0323. The van der Waals surface area contributed by atoms with E-state index in [0.29, 0.717) is 0 Å². The molecule has 0 N–H and O–H groups in total. The second-order valence-corrected chi connectivity index (χ2v) is 20.0. The zero-order chi connectivity index (χ0) is 43.1. The van der Waals surface area contributed by atoms with E-state index < -0.39 is 10.8 Å². The van der Waals surface area contributed by atoms with Crippen molar-refractivity contribution < 1.29 is 4.42 Å². The topological polar surface area (TPSA) is 16.4 Å². The Morgan fingerprint density at radius 3 is 1.21 bits per heavy atom. The first-order valence-corrected chi connectivity index (χ1v) is 24.3. The van der Waals surface area contributed by atoms with Crippen molar-refractivity contribution in [1.82, 2.24) is 0 Å². The zero-order valence-electron chi connectivity index (χ0n) is 35.5. The summed E-state index contributed by atoms with van der Waals surface area (Å²) < 4.78 is 6.72. The van der Waals surface area contributed by atoms with Gasteiger partial charge in [0.15, 0.2) is 0 Å². The van der Waals surface area contributed by atoms with Crippen molar-refractivity contribution >= 4 is 62.5 Å². The van der Waals surface area contributed by atoms with Gasteiger partial charge < -0.3 is 9.32 Å². The largest absolute Gasteiger partial charge is 0.456 e. The molecule has 0 radical (unpaired) electrons. The maximum absolute atomic E-state index is 6.72. The van der Waals surface area contributed by atoms with Crippen LogP contribution in [0.3, 0.4) is 0 Å².